The predicted molar refractivity (Wildman–Crippen MR) is 70.8 cm³/mol. The molecule has 0 aromatic heterocycles. The van der Waals surface area contributed by atoms with Crippen LogP contribution in [0.1, 0.15) is 33.6 Å². The molecular formula is C14H18O6. The second-order valence-corrected chi connectivity index (χ2v) is 4.24. The van der Waals surface area contributed by atoms with Crippen LogP contribution < -0.4 is 0 Å². The predicted octanol–water partition coefficient (Wildman–Crippen LogP) is 1.33. The lowest BCUT2D eigenvalue weighted by Crippen LogP contribution is -2.20. The maximum absolute atomic E-state index is 11.8. The summed E-state index contributed by atoms with van der Waals surface area (Å²) in [4.78, 5) is 22.8. The Morgan fingerprint density at radius 2 is 1.90 bits per heavy atom. The zero-order valence-corrected chi connectivity index (χ0v) is 11.2. The van der Waals surface area contributed by atoms with E-state index < -0.39 is 18.0 Å². The van der Waals surface area contributed by atoms with E-state index >= 15 is 0 Å². The number of carboxylic acids is 1. The Bertz CT molecular complexity index is 457. The summed E-state index contributed by atoms with van der Waals surface area (Å²) in [6.45, 7) is 0.351. The molecule has 6 heteroatoms. The lowest BCUT2D eigenvalue weighted by molar-refractivity contribution is 0.0214. The molecule has 110 valence electrons. The van der Waals surface area contributed by atoms with Crippen LogP contribution in [0, 0.1) is 0 Å². The van der Waals surface area contributed by atoms with Crippen molar-refractivity contribution in [3.8, 4) is 0 Å². The molecule has 1 aromatic rings. The molecule has 6 nitrogen and oxygen atoms in total. The van der Waals surface area contributed by atoms with Crippen molar-refractivity contribution in [3.05, 3.63) is 35.4 Å². The minimum absolute atomic E-state index is 0.0240. The van der Waals surface area contributed by atoms with Gasteiger partial charge < -0.3 is 19.7 Å². The second kappa shape index (κ2) is 8.29. The normalized spacial score (nSPS) is 11.9. The number of esters is 1. The highest BCUT2D eigenvalue weighted by molar-refractivity contribution is 6.02. The molecule has 20 heavy (non-hydrogen) atoms. The number of carbonyl (C=O) groups is 2. The molecule has 0 heterocycles. The summed E-state index contributed by atoms with van der Waals surface area (Å²) in [7, 11) is 1.56. The van der Waals surface area contributed by atoms with Gasteiger partial charge in [-0.2, -0.15) is 0 Å². The highest BCUT2D eigenvalue weighted by Gasteiger charge is 2.18. The first-order valence-corrected chi connectivity index (χ1v) is 6.22. The van der Waals surface area contributed by atoms with Gasteiger partial charge in [-0.05, 0) is 25.0 Å². The minimum atomic E-state index is -1.20. The fourth-order valence-electron chi connectivity index (χ4n) is 1.64. The first-order chi connectivity index (χ1) is 9.56. The Hall–Kier alpha value is -1.92. The van der Waals surface area contributed by atoms with Crippen molar-refractivity contribution in [2.45, 2.75) is 18.9 Å². The zero-order chi connectivity index (χ0) is 15.0. The average molecular weight is 282 g/mol. The third-order valence-corrected chi connectivity index (χ3v) is 2.67. The van der Waals surface area contributed by atoms with Crippen molar-refractivity contribution in [1.82, 2.24) is 0 Å². The highest BCUT2D eigenvalue weighted by atomic mass is 16.5. The van der Waals surface area contributed by atoms with Crippen molar-refractivity contribution in [2.24, 2.45) is 0 Å². The van der Waals surface area contributed by atoms with E-state index in [1.54, 1.807) is 13.2 Å². The van der Waals surface area contributed by atoms with Gasteiger partial charge in [-0.1, -0.05) is 12.1 Å². The molecule has 0 radical (unpaired) electrons. The molecule has 0 aliphatic rings. The summed E-state index contributed by atoms with van der Waals surface area (Å²) in [5.74, 6) is -1.95. The van der Waals surface area contributed by atoms with E-state index in [1.807, 2.05) is 0 Å². The number of rotatable bonds is 8. The van der Waals surface area contributed by atoms with Crippen molar-refractivity contribution in [1.29, 1.82) is 0 Å². The molecule has 1 atom stereocenters. The third-order valence-electron chi connectivity index (χ3n) is 2.67. The average Bonchev–Trinajstić information content (AvgIpc) is 2.45. The molecule has 0 bridgehead atoms. The summed E-state index contributed by atoms with van der Waals surface area (Å²) in [5, 5.41) is 18.6. The molecule has 2 N–H and O–H groups in total. The Morgan fingerprint density at radius 1 is 1.25 bits per heavy atom. The van der Waals surface area contributed by atoms with E-state index in [-0.39, 0.29) is 17.7 Å². The lowest BCUT2D eigenvalue weighted by Gasteiger charge is -2.11. The van der Waals surface area contributed by atoms with Crippen molar-refractivity contribution in [3.63, 3.8) is 0 Å². The number of methoxy groups -OCH3 is 1. The van der Waals surface area contributed by atoms with Gasteiger partial charge in [0.25, 0.3) is 0 Å². The Labute approximate surface area is 116 Å². The number of aliphatic hydroxyl groups excluding tert-OH is 1. The van der Waals surface area contributed by atoms with E-state index in [4.69, 9.17) is 14.6 Å². The van der Waals surface area contributed by atoms with E-state index in [2.05, 4.69) is 0 Å². The molecule has 0 aliphatic carbocycles. The SMILES string of the molecule is COCCCC(O)COC(=O)c1ccccc1C(=O)O. The second-order valence-electron chi connectivity index (χ2n) is 4.24. The van der Waals surface area contributed by atoms with Crippen LogP contribution in [0.5, 0.6) is 0 Å². The molecule has 1 aromatic carbocycles. The van der Waals surface area contributed by atoms with Gasteiger partial charge >= 0.3 is 11.9 Å². The van der Waals surface area contributed by atoms with E-state index in [0.717, 1.165) is 0 Å². The van der Waals surface area contributed by atoms with Gasteiger partial charge in [0.1, 0.15) is 6.61 Å². The van der Waals surface area contributed by atoms with Gasteiger partial charge in [-0.3, -0.25) is 0 Å². The molecule has 1 rings (SSSR count). The molecule has 1 unspecified atom stereocenters. The maximum Gasteiger partial charge on any atom is 0.339 e. The van der Waals surface area contributed by atoms with Crippen LogP contribution in [0.2, 0.25) is 0 Å². The molecule has 0 saturated carbocycles. The summed E-state index contributed by atoms with van der Waals surface area (Å²) >= 11 is 0. The number of hydrogen-bond acceptors (Lipinski definition) is 5. The topological polar surface area (TPSA) is 93.1 Å². The van der Waals surface area contributed by atoms with Crippen LogP contribution in [0.15, 0.2) is 24.3 Å². The molecule has 0 fully saturated rings. The number of aromatic carboxylic acids is 1. The van der Waals surface area contributed by atoms with Crippen LogP contribution in [-0.4, -0.2) is 48.6 Å². The first-order valence-electron chi connectivity index (χ1n) is 6.22. The Kier molecular flexibility index (Phi) is 6.69. The number of hydrogen-bond donors (Lipinski definition) is 2. The fraction of sp³-hybridized carbons (Fsp3) is 0.429. The molecule has 0 aliphatic heterocycles. The van der Waals surface area contributed by atoms with E-state index in [9.17, 15) is 14.7 Å². The van der Waals surface area contributed by atoms with Crippen molar-refractivity contribution >= 4 is 11.9 Å². The van der Waals surface area contributed by atoms with Gasteiger partial charge in [0.2, 0.25) is 0 Å². The standard InChI is InChI=1S/C14H18O6/c1-19-8-4-5-10(15)9-20-14(18)12-7-3-2-6-11(12)13(16)17/h2-3,6-7,10,15H,4-5,8-9H2,1H3,(H,16,17). The molecular weight excluding hydrogens is 264 g/mol. The summed E-state index contributed by atoms with van der Waals surface area (Å²) in [6, 6.07) is 5.79. The van der Waals surface area contributed by atoms with Gasteiger partial charge in [0.05, 0.1) is 17.2 Å². The molecule has 0 spiro atoms. The zero-order valence-electron chi connectivity index (χ0n) is 11.2. The van der Waals surface area contributed by atoms with Gasteiger partial charge in [-0.15, -0.1) is 0 Å². The van der Waals surface area contributed by atoms with Gasteiger partial charge in [0, 0.05) is 13.7 Å². The first kappa shape index (κ1) is 16.1. The van der Waals surface area contributed by atoms with Crippen molar-refractivity contribution in [2.75, 3.05) is 20.3 Å². The van der Waals surface area contributed by atoms with Crippen molar-refractivity contribution < 1.29 is 29.3 Å². The highest BCUT2D eigenvalue weighted by Crippen LogP contribution is 2.11. The third kappa shape index (κ3) is 4.99. The van der Waals surface area contributed by atoms with Crippen LogP contribution in [0.4, 0.5) is 0 Å². The molecule has 0 amide bonds. The van der Waals surface area contributed by atoms with Crippen LogP contribution >= 0.6 is 0 Å². The summed E-state index contributed by atoms with van der Waals surface area (Å²) in [5.41, 5.74) is -0.143. The van der Waals surface area contributed by atoms with E-state index in [1.165, 1.54) is 18.2 Å². The number of carboxylic acid groups (broad SMARTS) is 1. The largest absolute Gasteiger partial charge is 0.478 e. The summed E-state index contributed by atoms with van der Waals surface area (Å²) in [6.07, 6.45) is 0.314. The lowest BCUT2D eigenvalue weighted by atomic mass is 10.1. The van der Waals surface area contributed by atoms with Crippen LogP contribution in [0.25, 0.3) is 0 Å². The monoisotopic (exact) mass is 282 g/mol. The minimum Gasteiger partial charge on any atom is -0.478 e. The van der Waals surface area contributed by atoms with E-state index in [0.29, 0.717) is 19.4 Å². The van der Waals surface area contributed by atoms with Gasteiger partial charge in [0.15, 0.2) is 0 Å². The Morgan fingerprint density at radius 3 is 2.50 bits per heavy atom. The quantitative estimate of drug-likeness (QED) is 0.552. The Balaban J connectivity index is 2.53. The fourth-order valence-corrected chi connectivity index (χ4v) is 1.64. The number of ether oxygens (including phenoxy) is 2. The number of carbonyl (C=O) groups excluding carboxylic acids is 1. The van der Waals surface area contributed by atoms with Gasteiger partial charge in [-0.25, -0.2) is 9.59 Å². The van der Waals surface area contributed by atoms with Crippen LogP contribution in [-0.2, 0) is 9.47 Å². The maximum atomic E-state index is 11.8. The molecule has 0 saturated heterocycles. The number of aliphatic hydroxyl groups is 1. The summed E-state index contributed by atoms with van der Waals surface area (Å²) < 4.78 is 9.76. The smallest absolute Gasteiger partial charge is 0.339 e. The van der Waals surface area contributed by atoms with Crippen LogP contribution in [0.3, 0.4) is 0 Å². The number of benzene rings is 1.